The number of anilines is 3. The van der Waals surface area contributed by atoms with E-state index >= 15 is 0 Å². The highest BCUT2D eigenvalue weighted by Gasteiger charge is 1.99. The normalized spacial score (nSPS) is 10.1. The van der Waals surface area contributed by atoms with E-state index < -0.39 is 0 Å². The molecule has 0 saturated heterocycles. The van der Waals surface area contributed by atoms with E-state index in [0.717, 1.165) is 5.69 Å². The van der Waals surface area contributed by atoms with Crippen molar-refractivity contribution >= 4 is 17.6 Å². The van der Waals surface area contributed by atoms with E-state index in [1.165, 1.54) is 5.56 Å². The number of nitrogens with one attached hydrogen (secondary N) is 2. The minimum atomic E-state index is 0.306. The zero-order chi connectivity index (χ0) is 9.97. The molecular formula is C9H11N5. The summed E-state index contributed by atoms with van der Waals surface area (Å²) in [6.07, 6.45) is 0. The number of rotatable bonds is 2. The summed E-state index contributed by atoms with van der Waals surface area (Å²) in [7, 11) is 0. The minimum Gasteiger partial charge on any atom is -0.368 e. The Morgan fingerprint density at radius 2 is 2.29 bits per heavy atom. The fourth-order valence-electron chi connectivity index (χ4n) is 1.18. The van der Waals surface area contributed by atoms with Crippen molar-refractivity contribution in [1.82, 2.24) is 15.2 Å². The Morgan fingerprint density at radius 1 is 1.43 bits per heavy atom. The summed E-state index contributed by atoms with van der Waals surface area (Å²) < 4.78 is 0. The number of benzene rings is 1. The molecule has 0 spiro atoms. The lowest BCUT2D eigenvalue weighted by Gasteiger charge is -2.01. The average Bonchev–Trinajstić information content (AvgIpc) is 2.51. The molecule has 0 aliphatic carbocycles. The van der Waals surface area contributed by atoms with Gasteiger partial charge in [-0.15, -0.1) is 5.10 Å². The molecule has 0 saturated carbocycles. The van der Waals surface area contributed by atoms with E-state index in [-0.39, 0.29) is 0 Å². The highest BCUT2D eigenvalue weighted by molar-refractivity contribution is 5.54. The van der Waals surface area contributed by atoms with Crippen LogP contribution in [0.25, 0.3) is 0 Å². The minimum absolute atomic E-state index is 0.306. The molecule has 0 radical (unpaired) electrons. The zero-order valence-electron chi connectivity index (χ0n) is 7.78. The first-order valence-electron chi connectivity index (χ1n) is 4.25. The van der Waals surface area contributed by atoms with Gasteiger partial charge in [-0.25, -0.2) is 5.10 Å². The summed E-state index contributed by atoms with van der Waals surface area (Å²) in [5, 5.41) is 9.46. The van der Waals surface area contributed by atoms with Crippen molar-refractivity contribution in [2.24, 2.45) is 0 Å². The number of nitrogen functional groups attached to an aromatic ring is 1. The number of H-pyrrole nitrogens is 1. The Balaban J connectivity index is 2.18. The van der Waals surface area contributed by atoms with Crippen LogP contribution in [0.3, 0.4) is 0 Å². The van der Waals surface area contributed by atoms with Crippen LogP contribution < -0.4 is 11.1 Å². The molecule has 4 N–H and O–H groups in total. The second-order valence-corrected chi connectivity index (χ2v) is 3.04. The van der Waals surface area contributed by atoms with Crippen LogP contribution in [-0.4, -0.2) is 15.2 Å². The molecule has 1 heterocycles. The highest BCUT2D eigenvalue weighted by atomic mass is 15.3. The highest BCUT2D eigenvalue weighted by Crippen LogP contribution is 2.13. The van der Waals surface area contributed by atoms with Gasteiger partial charge in [-0.05, 0) is 24.6 Å². The van der Waals surface area contributed by atoms with Gasteiger partial charge in [0.05, 0.1) is 0 Å². The van der Waals surface area contributed by atoms with Crippen LogP contribution in [0.1, 0.15) is 5.56 Å². The van der Waals surface area contributed by atoms with Crippen LogP contribution in [0.5, 0.6) is 0 Å². The van der Waals surface area contributed by atoms with E-state index in [1.54, 1.807) is 0 Å². The summed E-state index contributed by atoms with van der Waals surface area (Å²) in [4.78, 5) is 3.94. The van der Waals surface area contributed by atoms with Crippen molar-refractivity contribution in [2.75, 3.05) is 11.1 Å². The van der Waals surface area contributed by atoms with Crippen molar-refractivity contribution in [3.63, 3.8) is 0 Å². The first kappa shape index (κ1) is 8.55. The maximum atomic E-state index is 5.39. The zero-order valence-corrected chi connectivity index (χ0v) is 7.78. The number of nitrogens with two attached hydrogens (primary N) is 1. The molecule has 2 rings (SSSR count). The van der Waals surface area contributed by atoms with Crippen molar-refractivity contribution in [2.45, 2.75) is 6.92 Å². The number of hydrogen-bond acceptors (Lipinski definition) is 4. The smallest absolute Gasteiger partial charge is 0.248 e. The molecule has 0 bridgehead atoms. The summed E-state index contributed by atoms with van der Waals surface area (Å²) >= 11 is 0. The van der Waals surface area contributed by atoms with E-state index in [0.29, 0.717) is 11.9 Å². The second kappa shape index (κ2) is 3.37. The quantitative estimate of drug-likeness (QED) is 0.667. The van der Waals surface area contributed by atoms with Gasteiger partial charge in [-0.2, -0.15) is 4.98 Å². The summed E-state index contributed by atoms with van der Waals surface area (Å²) in [6.45, 7) is 2.03. The standard InChI is InChI=1S/C9H11N5/c1-6-3-2-4-7(5-6)11-9-12-8(10)13-14-9/h2-5H,1H3,(H4,10,11,12,13,14). The maximum Gasteiger partial charge on any atom is 0.248 e. The van der Waals surface area contributed by atoms with E-state index in [1.807, 2.05) is 31.2 Å². The SMILES string of the molecule is Cc1cccc(Nc2n[nH]c(N)n2)c1. The third-order valence-corrected chi connectivity index (χ3v) is 1.78. The lowest BCUT2D eigenvalue weighted by molar-refractivity contribution is 1.10. The van der Waals surface area contributed by atoms with Gasteiger partial charge in [0.25, 0.3) is 0 Å². The molecule has 72 valence electrons. The van der Waals surface area contributed by atoms with E-state index in [9.17, 15) is 0 Å². The maximum absolute atomic E-state index is 5.39. The van der Waals surface area contributed by atoms with Gasteiger partial charge in [0.15, 0.2) is 0 Å². The molecule has 0 atom stereocenters. The number of hydrogen-bond donors (Lipinski definition) is 3. The molecule has 0 fully saturated rings. The molecule has 0 unspecified atom stereocenters. The van der Waals surface area contributed by atoms with Gasteiger partial charge in [-0.1, -0.05) is 12.1 Å². The fraction of sp³-hybridized carbons (Fsp3) is 0.111. The van der Waals surface area contributed by atoms with Crippen LogP contribution in [0.2, 0.25) is 0 Å². The third kappa shape index (κ3) is 1.82. The Morgan fingerprint density at radius 3 is 2.93 bits per heavy atom. The fourth-order valence-corrected chi connectivity index (χ4v) is 1.18. The molecule has 1 aromatic carbocycles. The number of aromatic amines is 1. The van der Waals surface area contributed by atoms with Crippen molar-refractivity contribution < 1.29 is 0 Å². The first-order chi connectivity index (χ1) is 6.74. The second-order valence-electron chi connectivity index (χ2n) is 3.04. The Hall–Kier alpha value is -2.04. The molecule has 5 heteroatoms. The lowest BCUT2D eigenvalue weighted by atomic mass is 10.2. The van der Waals surface area contributed by atoms with Crippen LogP contribution >= 0.6 is 0 Å². The largest absolute Gasteiger partial charge is 0.368 e. The Bertz CT molecular complexity index is 434. The molecule has 5 nitrogen and oxygen atoms in total. The first-order valence-corrected chi connectivity index (χ1v) is 4.25. The predicted octanol–water partition coefficient (Wildman–Crippen LogP) is 1.44. The summed E-state index contributed by atoms with van der Waals surface area (Å²) in [5.41, 5.74) is 7.52. The molecule has 2 aromatic rings. The van der Waals surface area contributed by atoms with Crippen LogP contribution in [0, 0.1) is 6.92 Å². The summed E-state index contributed by atoms with van der Waals surface area (Å²) in [6, 6.07) is 7.94. The van der Waals surface area contributed by atoms with Crippen LogP contribution in [-0.2, 0) is 0 Å². The molecule has 0 amide bonds. The Kier molecular flexibility index (Phi) is 2.06. The molecule has 1 aromatic heterocycles. The molecule has 0 aliphatic rings. The van der Waals surface area contributed by atoms with E-state index in [2.05, 4.69) is 20.5 Å². The molecule has 0 aliphatic heterocycles. The van der Waals surface area contributed by atoms with Crippen LogP contribution in [0.4, 0.5) is 17.6 Å². The topological polar surface area (TPSA) is 79.6 Å². The summed E-state index contributed by atoms with van der Waals surface area (Å²) in [5.74, 6) is 0.785. The molecular weight excluding hydrogens is 178 g/mol. The number of aromatic nitrogens is 3. The Labute approximate surface area is 81.4 Å². The lowest BCUT2D eigenvalue weighted by Crippen LogP contribution is -1.92. The number of aryl methyl sites for hydroxylation is 1. The van der Waals surface area contributed by atoms with Gasteiger partial charge in [-0.3, -0.25) is 0 Å². The third-order valence-electron chi connectivity index (χ3n) is 1.78. The van der Waals surface area contributed by atoms with Gasteiger partial charge < -0.3 is 11.1 Å². The van der Waals surface area contributed by atoms with Crippen molar-refractivity contribution in [1.29, 1.82) is 0 Å². The van der Waals surface area contributed by atoms with Crippen LogP contribution in [0.15, 0.2) is 24.3 Å². The monoisotopic (exact) mass is 189 g/mol. The van der Waals surface area contributed by atoms with E-state index in [4.69, 9.17) is 5.73 Å². The van der Waals surface area contributed by atoms with Gasteiger partial charge in [0, 0.05) is 5.69 Å². The average molecular weight is 189 g/mol. The number of nitrogens with zero attached hydrogens (tertiary/aromatic N) is 2. The van der Waals surface area contributed by atoms with Crippen molar-refractivity contribution in [3.05, 3.63) is 29.8 Å². The predicted molar refractivity (Wildman–Crippen MR) is 55.3 cm³/mol. The molecule has 14 heavy (non-hydrogen) atoms. The van der Waals surface area contributed by atoms with Gasteiger partial charge >= 0.3 is 0 Å². The van der Waals surface area contributed by atoms with Gasteiger partial charge in [0.1, 0.15) is 0 Å². The van der Waals surface area contributed by atoms with Gasteiger partial charge in [0.2, 0.25) is 11.9 Å². The van der Waals surface area contributed by atoms with Crippen molar-refractivity contribution in [3.8, 4) is 0 Å².